The fourth-order valence-electron chi connectivity index (χ4n) is 4.70. The summed E-state index contributed by atoms with van der Waals surface area (Å²) in [4.78, 5) is 22.6. The van der Waals surface area contributed by atoms with E-state index in [1.54, 1.807) is 20.4 Å². The summed E-state index contributed by atoms with van der Waals surface area (Å²) < 4.78 is 13.0. The second-order valence-electron chi connectivity index (χ2n) is 10.1. The van der Waals surface area contributed by atoms with Crippen molar-refractivity contribution in [1.29, 1.82) is 0 Å². The van der Waals surface area contributed by atoms with Gasteiger partial charge in [0.1, 0.15) is 11.5 Å². The summed E-state index contributed by atoms with van der Waals surface area (Å²) in [6.07, 6.45) is 11.9. The van der Waals surface area contributed by atoms with Crippen LogP contribution in [0.4, 0.5) is 11.4 Å². The summed E-state index contributed by atoms with van der Waals surface area (Å²) in [6.45, 7) is 1.70. The molecule has 5 rings (SSSR count). The van der Waals surface area contributed by atoms with Gasteiger partial charge in [-0.25, -0.2) is 4.98 Å². The topological polar surface area (TPSA) is 103 Å². The SMILES string of the molecule is COc1cc(OC)cc(N(CC2CC2)c2ccc3ncc(-c4cnn(CCCCCCC(=O)O)c4)nc3c2)c1. The zero-order chi connectivity index (χ0) is 27.2. The molecule has 1 fully saturated rings. The van der Waals surface area contributed by atoms with E-state index in [9.17, 15) is 4.79 Å². The molecule has 0 unspecified atom stereocenters. The normalized spacial score (nSPS) is 13.0. The smallest absolute Gasteiger partial charge is 0.303 e. The molecule has 1 saturated carbocycles. The lowest BCUT2D eigenvalue weighted by Gasteiger charge is -2.26. The second-order valence-corrected chi connectivity index (χ2v) is 10.1. The Hall–Kier alpha value is -4.14. The number of aromatic nitrogens is 4. The van der Waals surface area contributed by atoms with Gasteiger partial charge in [0.15, 0.2) is 0 Å². The summed E-state index contributed by atoms with van der Waals surface area (Å²) in [6, 6.07) is 12.2. The molecule has 0 spiro atoms. The predicted molar refractivity (Wildman–Crippen MR) is 151 cm³/mol. The number of rotatable bonds is 14. The Balaban J connectivity index is 1.35. The Labute approximate surface area is 228 Å². The van der Waals surface area contributed by atoms with E-state index in [0.717, 1.165) is 83.9 Å². The summed E-state index contributed by atoms with van der Waals surface area (Å²) in [5.41, 5.74) is 5.44. The van der Waals surface area contributed by atoms with Gasteiger partial charge >= 0.3 is 5.97 Å². The molecule has 9 heteroatoms. The van der Waals surface area contributed by atoms with Gasteiger partial charge in [-0.3, -0.25) is 14.5 Å². The lowest BCUT2D eigenvalue weighted by molar-refractivity contribution is -0.137. The molecule has 0 atom stereocenters. The molecule has 39 heavy (non-hydrogen) atoms. The molecule has 1 N–H and O–H groups in total. The number of carboxylic acids is 1. The molecular weight excluding hydrogens is 494 g/mol. The molecule has 0 amide bonds. The number of anilines is 2. The Bertz CT molecular complexity index is 1410. The van der Waals surface area contributed by atoms with E-state index in [4.69, 9.17) is 19.6 Å². The minimum atomic E-state index is -0.730. The molecule has 4 aromatic rings. The van der Waals surface area contributed by atoms with Crippen LogP contribution in [-0.4, -0.2) is 51.6 Å². The summed E-state index contributed by atoms with van der Waals surface area (Å²) in [5.74, 6) is 1.44. The van der Waals surface area contributed by atoms with Crippen LogP contribution in [0, 0.1) is 5.92 Å². The first-order valence-electron chi connectivity index (χ1n) is 13.5. The zero-order valence-electron chi connectivity index (χ0n) is 22.5. The third-order valence-electron chi connectivity index (χ3n) is 7.08. The number of nitrogens with zero attached hydrogens (tertiary/aromatic N) is 5. The first kappa shape index (κ1) is 26.5. The van der Waals surface area contributed by atoms with Gasteiger partial charge in [-0.15, -0.1) is 0 Å². The monoisotopic (exact) mass is 529 g/mol. The highest BCUT2D eigenvalue weighted by Gasteiger charge is 2.26. The van der Waals surface area contributed by atoms with E-state index in [-0.39, 0.29) is 6.42 Å². The van der Waals surface area contributed by atoms with Crippen LogP contribution in [0.2, 0.25) is 0 Å². The Morgan fingerprint density at radius 1 is 0.974 bits per heavy atom. The number of aliphatic carboxylic acids is 1. The minimum absolute atomic E-state index is 0.236. The number of hydrogen-bond donors (Lipinski definition) is 1. The van der Waals surface area contributed by atoms with Gasteiger partial charge in [0.2, 0.25) is 0 Å². The van der Waals surface area contributed by atoms with Gasteiger partial charge in [-0.1, -0.05) is 12.8 Å². The summed E-state index contributed by atoms with van der Waals surface area (Å²) >= 11 is 0. The van der Waals surface area contributed by atoms with Crippen LogP contribution in [0.5, 0.6) is 11.5 Å². The van der Waals surface area contributed by atoms with Crippen molar-refractivity contribution < 1.29 is 19.4 Å². The molecule has 2 heterocycles. The fraction of sp³-hybridized carbons (Fsp3) is 0.400. The van der Waals surface area contributed by atoms with E-state index in [0.29, 0.717) is 5.92 Å². The fourth-order valence-corrected chi connectivity index (χ4v) is 4.70. The second kappa shape index (κ2) is 12.1. The molecule has 204 valence electrons. The van der Waals surface area contributed by atoms with Gasteiger partial charge in [-0.05, 0) is 49.8 Å². The number of carboxylic acid groups (broad SMARTS) is 1. The first-order chi connectivity index (χ1) is 19.0. The van der Waals surface area contributed by atoms with Crippen LogP contribution in [0.1, 0.15) is 44.9 Å². The lowest BCUT2D eigenvalue weighted by atomic mass is 10.1. The number of fused-ring (bicyclic) bond motifs is 1. The average Bonchev–Trinajstić information content (AvgIpc) is 3.66. The van der Waals surface area contributed by atoms with E-state index in [1.165, 1.54) is 12.8 Å². The van der Waals surface area contributed by atoms with Crippen molar-refractivity contribution in [3.05, 3.63) is 55.0 Å². The molecule has 2 aromatic heterocycles. The van der Waals surface area contributed by atoms with Crippen molar-refractivity contribution in [2.45, 2.75) is 51.5 Å². The van der Waals surface area contributed by atoms with Crippen LogP contribution < -0.4 is 14.4 Å². The van der Waals surface area contributed by atoms with Crippen molar-refractivity contribution in [1.82, 2.24) is 19.7 Å². The molecule has 2 aromatic carbocycles. The maximum Gasteiger partial charge on any atom is 0.303 e. The largest absolute Gasteiger partial charge is 0.497 e. The van der Waals surface area contributed by atoms with Crippen molar-refractivity contribution >= 4 is 28.4 Å². The summed E-state index contributed by atoms with van der Waals surface area (Å²) in [5, 5.41) is 13.3. The standard InChI is InChI=1S/C30H35N5O4/c1-38-25-13-24(14-26(16-25)39-2)35(19-21-8-9-21)23-10-11-27-28(15-23)33-29(18-31-27)22-17-32-34(20-22)12-6-4-3-5-7-30(36)37/h10-11,13-18,20-21H,3-9,12,19H2,1-2H3,(H,36,37). The highest BCUT2D eigenvalue weighted by atomic mass is 16.5. The van der Waals surface area contributed by atoms with E-state index in [1.807, 2.05) is 41.3 Å². The highest BCUT2D eigenvalue weighted by Crippen LogP contribution is 2.38. The van der Waals surface area contributed by atoms with Gasteiger partial charge in [0.25, 0.3) is 0 Å². The Morgan fingerprint density at radius 2 is 1.74 bits per heavy atom. The molecule has 1 aliphatic rings. The molecule has 1 aliphatic carbocycles. The van der Waals surface area contributed by atoms with Gasteiger partial charge in [-0.2, -0.15) is 5.10 Å². The van der Waals surface area contributed by atoms with Gasteiger partial charge < -0.3 is 19.5 Å². The average molecular weight is 530 g/mol. The molecule has 9 nitrogen and oxygen atoms in total. The van der Waals surface area contributed by atoms with Crippen LogP contribution in [0.3, 0.4) is 0 Å². The van der Waals surface area contributed by atoms with Gasteiger partial charge in [0, 0.05) is 60.8 Å². The van der Waals surface area contributed by atoms with E-state index >= 15 is 0 Å². The number of unbranched alkanes of at least 4 members (excludes halogenated alkanes) is 3. The van der Waals surface area contributed by atoms with Crippen LogP contribution in [-0.2, 0) is 11.3 Å². The quantitative estimate of drug-likeness (QED) is 0.196. The number of carbonyl (C=O) groups is 1. The first-order valence-corrected chi connectivity index (χ1v) is 13.5. The molecule has 0 bridgehead atoms. The summed E-state index contributed by atoms with van der Waals surface area (Å²) in [7, 11) is 3.34. The maximum absolute atomic E-state index is 10.6. The number of benzene rings is 2. The van der Waals surface area contributed by atoms with Crippen LogP contribution in [0.15, 0.2) is 55.0 Å². The third-order valence-corrected chi connectivity index (χ3v) is 7.08. The number of hydrogen-bond acceptors (Lipinski definition) is 7. The predicted octanol–water partition coefficient (Wildman–Crippen LogP) is 6.09. The van der Waals surface area contributed by atoms with Crippen molar-refractivity contribution in [3.63, 3.8) is 0 Å². The number of aryl methyl sites for hydroxylation is 1. The van der Waals surface area contributed by atoms with E-state index < -0.39 is 5.97 Å². The maximum atomic E-state index is 10.6. The third kappa shape index (κ3) is 6.85. The Kier molecular flexibility index (Phi) is 8.24. The van der Waals surface area contributed by atoms with Gasteiger partial charge in [0.05, 0.1) is 43.3 Å². The molecule has 0 aliphatic heterocycles. The lowest BCUT2D eigenvalue weighted by Crippen LogP contribution is -2.20. The van der Waals surface area contributed by atoms with Crippen molar-refractivity contribution in [2.24, 2.45) is 5.92 Å². The van der Waals surface area contributed by atoms with Crippen LogP contribution >= 0.6 is 0 Å². The van der Waals surface area contributed by atoms with Crippen molar-refractivity contribution in [2.75, 3.05) is 25.7 Å². The molecular formula is C30H35N5O4. The molecule has 0 radical (unpaired) electrons. The van der Waals surface area contributed by atoms with E-state index in [2.05, 4.69) is 27.1 Å². The molecule has 0 saturated heterocycles. The highest BCUT2D eigenvalue weighted by molar-refractivity contribution is 5.82. The van der Waals surface area contributed by atoms with Crippen LogP contribution in [0.25, 0.3) is 22.3 Å². The van der Waals surface area contributed by atoms with Crippen molar-refractivity contribution in [3.8, 4) is 22.8 Å². The zero-order valence-corrected chi connectivity index (χ0v) is 22.5. The Morgan fingerprint density at radius 3 is 2.46 bits per heavy atom. The number of ether oxygens (including phenoxy) is 2. The number of methoxy groups -OCH3 is 2. The minimum Gasteiger partial charge on any atom is -0.497 e.